The van der Waals surface area contributed by atoms with E-state index in [4.69, 9.17) is 0 Å². The zero-order valence-electron chi connectivity index (χ0n) is 10.3. The van der Waals surface area contributed by atoms with Crippen LogP contribution in [0, 0.1) is 13.8 Å². The van der Waals surface area contributed by atoms with Crippen LogP contribution in [0.1, 0.15) is 39.9 Å². The minimum Gasteiger partial charge on any atom is -0.294 e. The SMILES string of the molecule is Cc1cc2ccc3c(c2cc1C)C(=O)CCC3. The van der Waals surface area contributed by atoms with E-state index in [2.05, 4.69) is 38.1 Å². The Morgan fingerprint density at radius 1 is 1.00 bits per heavy atom. The number of fused-ring (bicyclic) bond motifs is 3. The summed E-state index contributed by atoms with van der Waals surface area (Å²) in [6.07, 6.45) is 2.76. The highest BCUT2D eigenvalue weighted by Gasteiger charge is 2.19. The third kappa shape index (κ3) is 1.57. The average Bonchev–Trinajstić information content (AvgIpc) is 2.31. The molecule has 3 rings (SSSR count). The number of rotatable bonds is 0. The van der Waals surface area contributed by atoms with Crippen molar-refractivity contribution in [2.75, 3.05) is 0 Å². The summed E-state index contributed by atoms with van der Waals surface area (Å²) in [4.78, 5) is 12.1. The van der Waals surface area contributed by atoms with Crippen molar-refractivity contribution in [3.05, 3.63) is 46.5 Å². The van der Waals surface area contributed by atoms with E-state index in [9.17, 15) is 4.79 Å². The van der Waals surface area contributed by atoms with Crippen molar-refractivity contribution < 1.29 is 4.79 Å². The number of carbonyl (C=O) groups excluding carboxylic acids is 1. The molecule has 0 amide bonds. The van der Waals surface area contributed by atoms with Crippen molar-refractivity contribution in [2.24, 2.45) is 0 Å². The summed E-state index contributed by atoms with van der Waals surface area (Å²) in [5, 5.41) is 2.34. The first kappa shape index (κ1) is 10.5. The molecule has 0 spiro atoms. The molecule has 86 valence electrons. The van der Waals surface area contributed by atoms with Gasteiger partial charge in [-0.05, 0) is 54.2 Å². The number of hydrogen-bond acceptors (Lipinski definition) is 1. The van der Waals surface area contributed by atoms with Crippen molar-refractivity contribution in [3.8, 4) is 0 Å². The molecule has 1 heteroatoms. The van der Waals surface area contributed by atoms with Gasteiger partial charge in [0.25, 0.3) is 0 Å². The van der Waals surface area contributed by atoms with E-state index >= 15 is 0 Å². The molecule has 0 radical (unpaired) electrons. The molecule has 0 aliphatic heterocycles. The lowest BCUT2D eigenvalue weighted by Crippen LogP contribution is -2.11. The third-order valence-electron chi connectivity index (χ3n) is 3.85. The fraction of sp³-hybridized carbons (Fsp3) is 0.312. The maximum absolute atomic E-state index is 12.1. The highest BCUT2D eigenvalue weighted by Crippen LogP contribution is 2.30. The Morgan fingerprint density at radius 2 is 1.76 bits per heavy atom. The Labute approximate surface area is 101 Å². The summed E-state index contributed by atoms with van der Waals surface area (Å²) < 4.78 is 0. The van der Waals surface area contributed by atoms with Gasteiger partial charge in [0.15, 0.2) is 5.78 Å². The molecule has 2 aromatic carbocycles. The molecule has 0 aromatic heterocycles. The van der Waals surface area contributed by atoms with E-state index < -0.39 is 0 Å². The molecule has 0 fully saturated rings. The third-order valence-corrected chi connectivity index (χ3v) is 3.85. The number of aryl methyl sites for hydroxylation is 3. The predicted octanol–water partition coefficient (Wildman–Crippen LogP) is 3.98. The number of ketones is 1. The second-order valence-corrected chi connectivity index (χ2v) is 5.03. The second kappa shape index (κ2) is 3.69. The molecule has 17 heavy (non-hydrogen) atoms. The van der Waals surface area contributed by atoms with Crippen LogP contribution >= 0.6 is 0 Å². The van der Waals surface area contributed by atoms with Crippen molar-refractivity contribution in [1.82, 2.24) is 0 Å². The van der Waals surface area contributed by atoms with Crippen LogP contribution in [0.15, 0.2) is 24.3 Å². The standard InChI is InChI=1S/C16H16O/c1-10-8-13-7-6-12-4-3-5-15(17)16(12)14(13)9-11(10)2/h6-9H,3-5H2,1-2H3. The van der Waals surface area contributed by atoms with E-state index in [1.54, 1.807) is 0 Å². The molecule has 1 nitrogen and oxygen atoms in total. The minimum absolute atomic E-state index is 0.320. The van der Waals surface area contributed by atoms with Crippen LogP contribution in [0.3, 0.4) is 0 Å². The zero-order valence-corrected chi connectivity index (χ0v) is 10.3. The van der Waals surface area contributed by atoms with Gasteiger partial charge in [-0.2, -0.15) is 0 Å². The van der Waals surface area contributed by atoms with E-state index in [1.807, 2.05) is 0 Å². The van der Waals surface area contributed by atoms with Gasteiger partial charge >= 0.3 is 0 Å². The Bertz CT molecular complexity index is 623. The maximum Gasteiger partial charge on any atom is 0.163 e. The summed E-state index contributed by atoms with van der Waals surface area (Å²) in [5.41, 5.74) is 4.78. The molecule has 0 N–H and O–H groups in total. The molecule has 1 aliphatic carbocycles. The summed E-state index contributed by atoms with van der Waals surface area (Å²) >= 11 is 0. The van der Waals surface area contributed by atoms with Crippen LogP contribution in [0.4, 0.5) is 0 Å². The van der Waals surface area contributed by atoms with Crippen LogP contribution < -0.4 is 0 Å². The number of carbonyl (C=O) groups is 1. The van der Waals surface area contributed by atoms with E-state index in [-0.39, 0.29) is 0 Å². The van der Waals surface area contributed by atoms with Crippen LogP contribution in [0.2, 0.25) is 0 Å². The topological polar surface area (TPSA) is 17.1 Å². The van der Waals surface area contributed by atoms with E-state index in [1.165, 1.54) is 22.1 Å². The van der Waals surface area contributed by atoms with Gasteiger partial charge in [-0.15, -0.1) is 0 Å². The molecule has 0 heterocycles. The average molecular weight is 224 g/mol. The monoisotopic (exact) mass is 224 g/mol. The largest absolute Gasteiger partial charge is 0.294 e. The predicted molar refractivity (Wildman–Crippen MR) is 70.7 cm³/mol. The van der Waals surface area contributed by atoms with Crippen LogP contribution in [-0.2, 0) is 6.42 Å². The summed E-state index contributed by atoms with van der Waals surface area (Å²) in [6.45, 7) is 4.23. The first-order chi connectivity index (χ1) is 8.16. The maximum atomic E-state index is 12.1. The Hall–Kier alpha value is -1.63. The van der Waals surface area contributed by atoms with Gasteiger partial charge in [0.2, 0.25) is 0 Å². The lowest BCUT2D eigenvalue weighted by molar-refractivity contribution is 0.0974. The molecular weight excluding hydrogens is 208 g/mol. The van der Waals surface area contributed by atoms with Gasteiger partial charge in [-0.1, -0.05) is 24.3 Å². The lowest BCUT2D eigenvalue weighted by atomic mass is 9.86. The molecule has 0 saturated heterocycles. The molecule has 0 saturated carbocycles. The highest BCUT2D eigenvalue weighted by molar-refractivity contribution is 6.10. The van der Waals surface area contributed by atoms with Crippen molar-refractivity contribution in [3.63, 3.8) is 0 Å². The van der Waals surface area contributed by atoms with Gasteiger partial charge in [0, 0.05) is 12.0 Å². The second-order valence-electron chi connectivity index (χ2n) is 5.03. The highest BCUT2D eigenvalue weighted by atomic mass is 16.1. The number of hydrogen-bond donors (Lipinski definition) is 0. The van der Waals surface area contributed by atoms with Gasteiger partial charge in [-0.3, -0.25) is 4.79 Å². The molecule has 0 bridgehead atoms. The van der Waals surface area contributed by atoms with Crippen molar-refractivity contribution in [1.29, 1.82) is 0 Å². The van der Waals surface area contributed by atoms with Gasteiger partial charge in [0.05, 0.1) is 0 Å². The quantitative estimate of drug-likeness (QED) is 0.661. The minimum atomic E-state index is 0.320. The lowest BCUT2D eigenvalue weighted by Gasteiger charge is -2.17. The number of benzene rings is 2. The van der Waals surface area contributed by atoms with Gasteiger partial charge < -0.3 is 0 Å². The Balaban J connectivity index is 2.40. The van der Waals surface area contributed by atoms with Crippen molar-refractivity contribution in [2.45, 2.75) is 33.1 Å². The van der Waals surface area contributed by atoms with Crippen LogP contribution in [0.5, 0.6) is 0 Å². The molecule has 2 aromatic rings. The van der Waals surface area contributed by atoms with Crippen LogP contribution in [-0.4, -0.2) is 5.78 Å². The van der Waals surface area contributed by atoms with E-state index in [0.29, 0.717) is 12.2 Å². The van der Waals surface area contributed by atoms with E-state index in [0.717, 1.165) is 23.8 Å². The molecule has 0 atom stereocenters. The summed E-state index contributed by atoms with van der Waals surface area (Å²) in [6, 6.07) is 8.64. The summed E-state index contributed by atoms with van der Waals surface area (Å²) in [5.74, 6) is 0.320. The normalized spacial score (nSPS) is 15.1. The van der Waals surface area contributed by atoms with Crippen LogP contribution in [0.25, 0.3) is 10.8 Å². The Morgan fingerprint density at radius 3 is 2.59 bits per heavy atom. The smallest absolute Gasteiger partial charge is 0.163 e. The summed E-state index contributed by atoms with van der Waals surface area (Å²) in [7, 11) is 0. The number of Topliss-reactive ketones (excluding diaryl/α,β-unsaturated/α-hetero) is 1. The molecule has 0 unspecified atom stereocenters. The fourth-order valence-corrected chi connectivity index (χ4v) is 2.74. The first-order valence-electron chi connectivity index (χ1n) is 6.23. The fourth-order valence-electron chi connectivity index (χ4n) is 2.74. The van der Waals surface area contributed by atoms with Crippen molar-refractivity contribution >= 4 is 16.6 Å². The van der Waals surface area contributed by atoms with Gasteiger partial charge in [0.1, 0.15) is 0 Å². The zero-order chi connectivity index (χ0) is 12.0. The molecule has 1 aliphatic rings. The van der Waals surface area contributed by atoms with Gasteiger partial charge in [-0.25, -0.2) is 0 Å². The molecular formula is C16H16O. The Kier molecular flexibility index (Phi) is 2.29. The first-order valence-corrected chi connectivity index (χ1v) is 6.23.